The highest BCUT2D eigenvalue weighted by atomic mass is 35.5. The molecule has 0 N–H and O–H groups in total. The van der Waals surface area contributed by atoms with E-state index in [9.17, 15) is 9.59 Å². The van der Waals surface area contributed by atoms with Crippen LogP contribution in [0.3, 0.4) is 0 Å². The van der Waals surface area contributed by atoms with E-state index in [0.717, 1.165) is 5.56 Å². The lowest BCUT2D eigenvalue weighted by atomic mass is 9.82. The number of benzene rings is 2. The van der Waals surface area contributed by atoms with Crippen molar-refractivity contribution in [3.05, 3.63) is 57.6 Å². The Balaban J connectivity index is 1.37. The first-order valence-corrected chi connectivity index (χ1v) is 10.3. The van der Waals surface area contributed by atoms with Gasteiger partial charge in [0.05, 0.1) is 17.0 Å². The Hall–Kier alpha value is -2.24. The summed E-state index contributed by atoms with van der Waals surface area (Å²) in [5.74, 6) is 1.00. The van der Waals surface area contributed by atoms with Crippen molar-refractivity contribution in [1.29, 1.82) is 0 Å². The second-order valence-corrected chi connectivity index (χ2v) is 8.47. The van der Waals surface area contributed by atoms with E-state index in [0.29, 0.717) is 59.5 Å². The average Bonchev–Trinajstić information content (AvgIpc) is 2.70. The zero-order valence-electron chi connectivity index (χ0n) is 16.0. The van der Waals surface area contributed by atoms with Crippen LogP contribution in [0.1, 0.15) is 35.2 Å². The molecule has 1 saturated heterocycles. The van der Waals surface area contributed by atoms with Crippen LogP contribution < -0.4 is 9.47 Å². The van der Waals surface area contributed by atoms with E-state index in [-0.39, 0.29) is 18.3 Å². The third-order valence-corrected chi connectivity index (χ3v) is 6.06. The van der Waals surface area contributed by atoms with Crippen LogP contribution in [-0.2, 0) is 4.79 Å². The molecule has 2 aliphatic heterocycles. The number of rotatable bonds is 3. The molecule has 0 unspecified atom stereocenters. The Labute approximate surface area is 179 Å². The van der Waals surface area contributed by atoms with Crippen LogP contribution in [0.4, 0.5) is 0 Å². The largest absolute Gasteiger partial charge is 0.486 e. The maximum Gasteiger partial charge on any atom is 0.260 e. The Bertz CT molecular complexity index is 967. The first-order valence-electron chi connectivity index (χ1n) is 9.54. The molecule has 1 spiro atoms. The van der Waals surface area contributed by atoms with Crippen molar-refractivity contribution >= 4 is 34.9 Å². The number of fused-ring (bicyclic) bond motifs is 1. The Morgan fingerprint density at radius 3 is 2.69 bits per heavy atom. The van der Waals surface area contributed by atoms with Gasteiger partial charge in [0.2, 0.25) is 0 Å². The van der Waals surface area contributed by atoms with Gasteiger partial charge in [-0.15, -0.1) is 0 Å². The minimum absolute atomic E-state index is 0.105. The molecule has 0 bridgehead atoms. The highest BCUT2D eigenvalue weighted by molar-refractivity contribution is 6.34. The van der Waals surface area contributed by atoms with E-state index in [1.54, 1.807) is 23.1 Å². The van der Waals surface area contributed by atoms with Crippen LogP contribution in [0, 0.1) is 6.92 Å². The van der Waals surface area contributed by atoms with Crippen molar-refractivity contribution in [2.45, 2.75) is 31.8 Å². The van der Waals surface area contributed by atoms with Crippen LogP contribution in [0.5, 0.6) is 11.5 Å². The number of halogens is 2. The maximum absolute atomic E-state index is 12.6. The van der Waals surface area contributed by atoms with E-state index >= 15 is 0 Å². The number of hydrogen-bond acceptors (Lipinski definition) is 4. The average molecular weight is 434 g/mol. The number of Topliss-reactive ketones (excluding diaryl/α,β-unsaturated/α-hetero) is 1. The molecule has 7 heteroatoms. The number of piperidine rings is 1. The van der Waals surface area contributed by atoms with Crippen LogP contribution in [0.2, 0.25) is 10.0 Å². The fourth-order valence-corrected chi connectivity index (χ4v) is 4.20. The van der Waals surface area contributed by atoms with Crippen molar-refractivity contribution in [2.24, 2.45) is 0 Å². The number of amides is 1. The molecule has 1 amide bonds. The molecule has 2 aromatic rings. The van der Waals surface area contributed by atoms with Gasteiger partial charge in [0, 0.05) is 37.0 Å². The highest BCUT2D eigenvalue weighted by Crippen LogP contribution is 2.39. The lowest BCUT2D eigenvalue weighted by Crippen LogP contribution is -2.53. The molecule has 2 aromatic carbocycles. The molecule has 2 heterocycles. The molecule has 0 aromatic heterocycles. The minimum Gasteiger partial charge on any atom is -0.486 e. The second kappa shape index (κ2) is 7.88. The number of likely N-dealkylation sites (tertiary alicyclic amines) is 1. The molecule has 152 valence electrons. The third kappa shape index (κ3) is 4.21. The van der Waals surface area contributed by atoms with E-state index in [4.69, 9.17) is 32.7 Å². The summed E-state index contributed by atoms with van der Waals surface area (Å²) in [5.41, 5.74) is 1.16. The Kier molecular flexibility index (Phi) is 5.45. The molecule has 0 aliphatic carbocycles. The first-order chi connectivity index (χ1) is 13.8. The van der Waals surface area contributed by atoms with Crippen LogP contribution in [0.25, 0.3) is 0 Å². The number of aryl methyl sites for hydroxylation is 1. The normalized spacial score (nSPS) is 17.6. The lowest BCUT2D eigenvalue weighted by molar-refractivity contribution is -0.136. The van der Waals surface area contributed by atoms with E-state index in [1.807, 2.05) is 25.1 Å². The number of ether oxygens (including phenoxy) is 2. The van der Waals surface area contributed by atoms with Crippen LogP contribution in [0.15, 0.2) is 36.4 Å². The fraction of sp³-hybridized carbons (Fsp3) is 0.364. The molecular formula is C22H21Cl2NO4. The van der Waals surface area contributed by atoms with Crippen LogP contribution >= 0.6 is 23.2 Å². The molecule has 0 radical (unpaired) electrons. The Morgan fingerprint density at radius 1 is 1.17 bits per heavy atom. The number of carbonyl (C=O) groups excluding carboxylic acids is 2. The smallest absolute Gasteiger partial charge is 0.260 e. The summed E-state index contributed by atoms with van der Waals surface area (Å²) in [6.07, 6.45) is 1.56. The van der Waals surface area contributed by atoms with Crippen molar-refractivity contribution in [2.75, 3.05) is 19.7 Å². The van der Waals surface area contributed by atoms with Gasteiger partial charge in [0.15, 0.2) is 12.4 Å². The molecular weight excluding hydrogens is 413 g/mol. The maximum atomic E-state index is 12.6. The van der Waals surface area contributed by atoms with Gasteiger partial charge < -0.3 is 14.4 Å². The van der Waals surface area contributed by atoms with E-state index in [2.05, 4.69) is 0 Å². The summed E-state index contributed by atoms with van der Waals surface area (Å²) in [6, 6.07) is 10.6. The summed E-state index contributed by atoms with van der Waals surface area (Å²) in [6.45, 7) is 2.87. The van der Waals surface area contributed by atoms with E-state index in [1.165, 1.54) is 0 Å². The first kappa shape index (κ1) is 20.0. The van der Waals surface area contributed by atoms with Gasteiger partial charge >= 0.3 is 0 Å². The number of ketones is 1. The van der Waals surface area contributed by atoms with E-state index < -0.39 is 5.60 Å². The SMILES string of the molecule is Cc1ccc2c(c1)C(=O)CC1(CCN(C(=O)COc3cc(Cl)ccc3Cl)CC1)O2. The second-order valence-electron chi connectivity index (χ2n) is 7.63. The highest BCUT2D eigenvalue weighted by Gasteiger charge is 2.43. The molecule has 29 heavy (non-hydrogen) atoms. The summed E-state index contributed by atoms with van der Waals surface area (Å²) in [4.78, 5) is 26.9. The zero-order valence-corrected chi connectivity index (χ0v) is 17.6. The number of carbonyl (C=O) groups is 2. The quantitative estimate of drug-likeness (QED) is 0.703. The van der Waals surface area contributed by atoms with Gasteiger partial charge in [0.25, 0.3) is 5.91 Å². The van der Waals surface area contributed by atoms with Crippen molar-refractivity contribution in [3.63, 3.8) is 0 Å². The van der Waals surface area contributed by atoms with Gasteiger partial charge in [-0.3, -0.25) is 9.59 Å². The van der Waals surface area contributed by atoms with Gasteiger partial charge in [-0.25, -0.2) is 0 Å². The van der Waals surface area contributed by atoms with Gasteiger partial charge in [-0.1, -0.05) is 34.8 Å². The monoisotopic (exact) mass is 433 g/mol. The third-order valence-electron chi connectivity index (χ3n) is 5.52. The van der Waals surface area contributed by atoms with Crippen LogP contribution in [-0.4, -0.2) is 41.9 Å². The summed E-state index contributed by atoms with van der Waals surface area (Å²) >= 11 is 12.0. The molecule has 0 saturated carbocycles. The molecule has 1 fully saturated rings. The predicted octanol–water partition coefficient (Wildman–Crippen LogP) is 4.71. The van der Waals surface area contributed by atoms with Crippen molar-refractivity contribution < 1.29 is 19.1 Å². The van der Waals surface area contributed by atoms with Gasteiger partial charge in [-0.05, 0) is 31.2 Å². The zero-order chi connectivity index (χ0) is 20.6. The van der Waals surface area contributed by atoms with Crippen molar-refractivity contribution in [3.8, 4) is 11.5 Å². The lowest BCUT2D eigenvalue weighted by Gasteiger charge is -2.44. The molecule has 4 rings (SSSR count). The van der Waals surface area contributed by atoms with Gasteiger partial charge in [0.1, 0.15) is 17.1 Å². The topological polar surface area (TPSA) is 55.8 Å². The fourth-order valence-electron chi connectivity index (χ4n) is 3.87. The van der Waals surface area contributed by atoms with Gasteiger partial charge in [-0.2, -0.15) is 0 Å². The standard InChI is InChI=1S/C22H21Cl2NO4/c1-14-2-5-19-16(10-14)18(26)12-22(29-19)6-8-25(9-7-22)21(27)13-28-20-11-15(23)3-4-17(20)24/h2-5,10-11H,6-9,12-13H2,1H3. The minimum atomic E-state index is -0.534. The molecule has 2 aliphatic rings. The molecule has 0 atom stereocenters. The number of nitrogens with zero attached hydrogens (tertiary/aromatic N) is 1. The summed E-state index contributed by atoms with van der Waals surface area (Å²) in [5, 5.41) is 0.897. The predicted molar refractivity (Wildman–Crippen MR) is 111 cm³/mol. The van der Waals surface area contributed by atoms with Crippen molar-refractivity contribution in [1.82, 2.24) is 4.90 Å². The molecule has 5 nitrogen and oxygen atoms in total. The summed E-state index contributed by atoms with van der Waals surface area (Å²) < 4.78 is 11.8. The summed E-state index contributed by atoms with van der Waals surface area (Å²) in [7, 11) is 0. The number of hydrogen-bond donors (Lipinski definition) is 0. The Morgan fingerprint density at radius 2 is 1.93 bits per heavy atom.